The van der Waals surface area contributed by atoms with Crippen molar-refractivity contribution in [1.29, 1.82) is 5.26 Å². The first kappa shape index (κ1) is 28.1. The highest BCUT2D eigenvalue weighted by molar-refractivity contribution is 7.91. The number of hydrazine groups is 2. The molecule has 6 rings (SSSR count). The molecular weight excluding hydrogens is 600 g/mol. The standard InChI is InChI=1S/C29H24Cl2FN7O2S/c1-42(40,41)29-22(30)3-2-4-24(29)36-26-17(13-33)14-34-28-21(26)11-19(12-23(28)31)35-27(16-5-7-18(32)8-6-16)25-15-39(38-37-25)20-9-10-20/h2-8,11-12,14-15,20,27,35,37-38H,9-10H2,1H3,(H,34,36). The second kappa shape index (κ2) is 11.0. The monoisotopic (exact) mass is 623 g/mol. The summed E-state index contributed by atoms with van der Waals surface area (Å²) in [6.07, 6.45) is 6.60. The smallest absolute Gasteiger partial charge is 0.179 e. The highest BCUT2D eigenvalue weighted by Gasteiger charge is 2.32. The Hall–Kier alpha value is -4.08. The van der Waals surface area contributed by atoms with Crippen LogP contribution in [0.4, 0.5) is 21.5 Å². The van der Waals surface area contributed by atoms with Gasteiger partial charge in [-0.25, -0.2) is 12.8 Å². The number of fused-ring (bicyclic) bond motifs is 1. The van der Waals surface area contributed by atoms with Crippen LogP contribution in [-0.4, -0.2) is 30.7 Å². The largest absolute Gasteiger partial charge is 0.373 e. The Bertz CT molecular complexity index is 1890. The van der Waals surface area contributed by atoms with Crippen LogP contribution in [0.15, 0.2) is 77.6 Å². The molecule has 0 radical (unpaired) electrons. The molecule has 1 unspecified atom stereocenters. The van der Waals surface area contributed by atoms with Gasteiger partial charge in [-0.2, -0.15) is 5.26 Å². The Labute approximate surface area is 251 Å². The molecule has 42 heavy (non-hydrogen) atoms. The number of hydrogen-bond donors (Lipinski definition) is 4. The third-order valence-electron chi connectivity index (χ3n) is 7.02. The molecule has 1 aliphatic heterocycles. The van der Waals surface area contributed by atoms with Gasteiger partial charge in [-0.05, 0) is 54.8 Å². The molecule has 1 aromatic heterocycles. The first-order valence-corrected chi connectivity index (χ1v) is 15.6. The zero-order valence-electron chi connectivity index (χ0n) is 22.1. The summed E-state index contributed by atoms with van der Waals surface area (Å²) in [5, 5.41) is 19.4. The van der Waals surface area contributed by atoms with Crippen molar-refractivity contribution in [3.8, 4) is 6.07 Å². The van der Waals surface area contributed by atoms with Gasteiger partial charge in [0.1, 0.15) is 16.8 Å². The molecule has 4 N–H and O–H groups in total. The summed E-state index contributed by atoms with van der Waals surface area (Å²) in [4.78, 5) is 4.30. The van der Waals surface area contributed by atoms with E-state index >= 15 is 0 Å². The van der Waals surface area contributed by atoms with Crippen LogP contribution >= 0.6 is 23.2 Å². The molecule has 1 aliphatic carbocycles. The van der Waals surface area contributed by atoms with Crippen LogP contribution in [0.1, 0.15) is 30.0 Å². The summed E-state index contributed by atoms with van der Waals surface area (Å²) in [5.41, 5.74) is 9.68. The number of pyridine rings is 1. The Morgan fingerprint density at radius 2 is 1.90 bits per heavy atom. The van der Waals surface area contributed by atoms with E-state index in [0.717, 1.165) is 30.4 Å². The van der Waals surface area contributed by atoms with E-state index < -0.39 is 15.9 Å². The van der Waals surface area contributed by atoms with E-state index in [4.69, 9.17) is 23.2 Å². The van der Waals surface area contributed by atoms with Crippen molar-refractivity contribution in [3.05, 3.63) is 99.7 Å². The van der Waals surface area contributed by atoms with Gasteiger partial charge in [0.25, 0.3) is 0 Å². The summed E-state index contributed by atoms with van der Waals surface area (Å²) in [5.74, 6) is -0.349. The normalized spacial score (nSPS) is 15.6. The number of rotatable bonds is 8. The lowest BCUT2D eigenvalue weighted by Gasteiger charge is -2.22. The molecule has 3 aromatic carbocycles. The van der Waals surface area contributed by atoms with Crippen LogP contribution in [-0.2, 0) is 9.84 Å². The molecule has 0 saturated heterocycles. The molecule has 4 aromatic rings. The van der Waals surface area contributed by atoms with Gasteiger partial charge in [0.05, 0.1) is 44.2 Å². The van der Waals surface area contributed by atoms with E-state index in [1.165, 1.54) is 24.4 Å². The number of benzene rings is 3. The van der Waals surface area contributed by atoms with Gasteiger partial charge < -0.3 is 16.1 Å². The lowest BCUT2D eigenvalue weighted by molar-refractivity contribution is 0.260. The number of aromatic nitrogens is 1. The molecule has 2 aliphatic rings. The van der Waals surface area contributed by atoms with Crippen LogP contribution in [0, 0.1) is 17.1 Å². The minimum Gasteiger partial charge on any atom is -0.373 e. The lowest BCUT2D eigenvalue weighted by Crippen LogP contribution is -2.38. The Balaban J connectivity index is 1.45. The zero-order valence-corrected chi connectivity index (χ0v) is 24.4. The molecule has 0 amide bonds. The van der Waals surface area contributed by atoms with Crippen molar-refractivity contribution in [2.45, 2.75) is 29.8 Å². The third-order valence-corrected chi connectivity index (χ3v) is 8.91. The lowest BCUT2D eigenvalue weighted by atomic mass is 10.0. The average Bonchev–Trinajstić information content (AvgIpc) is 3.68. The molecular formula is C29H24Cl2FN7O2S. The SMILES string of the molecule is CS(=O)(=O)c1c(Cl)cccc1Nc1c(C#N)cnc2c(Cl)cc(NC(C3=CN(C4CC4)NN3)c3ccc(F)cc3)cc12. The molecule has 13 heteroatoms. The van der Waals surface area contributed by atoms with Crippen LogP contribution in [0.25, 0.3) is 10.9 Å². The van der Waals surface area contributed by atoms with E-state index in [-0.39, 0.29) is 27.0 Å². The van der Waals surface area contributed by atoms with Crippen molar-refractivity contribution >= 4 is 61.0 Å². The van der Waals surface area contributed by atoms with Gasteiger partial charge >= 0.3 is 0 Å². The summed E-state index contributed by atoms with van der Waals surface area (Å²) < 4.78 is 39.0. The second-order valence-electron chi connectivity index (χ2n) is 10.1. The summed E-state index contributed by atoms with van der Waals surface area (Å²) in [6.45, 7) is 0. The van der Waals surface area contributed by atoms with E-state index in [2.05, 4.69) is 32.6 Å². The summed E-state index contributed by atoms with van der Waals surface area (Å²) in [6, 6.07) is 16.5. The third kappa shape index (κ3) is 5.54. The number of nitrogens with one attached hydrogen (secondary N) is 4. The maximum atomic E-state index is 13.8. The van der Waals surface area contributed by atoms with E-state index in [1.807, 2.05) is 11.2 Å². The summed E-state index contributed by atoms with van der Waals surface area (Å²) >= 11 is 13.0. The van der Waals surface area contributed by atoms with Crippen molar-refractivity contribution < 1.29 is 12.8 Å². The molecule has 0 bridgehead atoms. The fourth-order valence-electron chi connectivity index (χ4n) is 4.88. The number of nitrogens with zero attached hydrogens (tertiary/aromatic N) is 3. The van der Waals surface area contributed by atoms with E-state index in [9.17, 15) is 18.1 Å². The molecule has 1 saturated carbocycles. The number of nitriles is 1. The quantitative estimate of drug-likeness (QED) is 0.182. The highest BCUT2D eigenvalue weighted by atomic mass is 35.5. The van der Waals surface area contributed by atoms with Gasteiger partial charge in [0.15, 0.2) is 9.84 Å². The minimum absolute atomic E-state index is 0.0492. The summed E-state index contributed by atoms with van der Waals surface area (Å²) in [7, 11) is -3.72. The maximum Gasteiger partial charge on any atom is 0.179 e. The topological polar surface area (TPSA) is 122 Å². The van der Waals surface area contributed by atoms with Crippen LogP contribution in [0.2, 0.25) is 10.0 Å². The van der Waals surface area contributed by atoms with E-state index in [0.29, 0.717) is 33.3 Å². The van der Waals surface area contributed by atoms with Gasteiger partial charge in [-0.15, -0.1) is 5.53 Å². The predicted molar refractivity (Wildman–Crippen MR) is 161 cm³/mol. The maximum absolute atomic E-state index is 13.8. The number of hydrogen-bond acceptors (Lipinski definition) is 9. The molecule has 1 fully saturated rings. The van der Waals surface area contributed by atoms with Crippen molar-refractivity contribution in [2.75, 3.05) is 16.9 Å². The number of sulfone groups is 1. The van der Waals surface area contributed by atoms with Crippen LogP contribution < -0.4 is 21.6 Å². The van der Waals surface area contributed by atoms with E-state index in [1.54, 1.807) is 36.4 Å². The first-order chi connectivity index (χ1) is 20.1. The Kier molecular flexibility index (Phi) is 7.32. The fraction of sp³-hybridized carbons (Fsp3) is 0.172. The number of halogens is 3. The predicted octanol–water partition coefficient (Wildman–Crippen LogP) is 6.18. The van der Waals surface area contributed by atoms with Crippen LogP contribution in [0.3, 0.4) is 0 Å². The molecule has 0 spiro atoms. The molecule has 2 heterocycles. The van der Waals surface area contributed by atoms with Gasteiger partial charge in [0, 0.05) is 35.8 Å². The highest BCUT2D eigenvalue weighted by Crippen LogP contribution is 2.39. The Morgan fingerprint density at radius 3 is 2.60 bits per heavy atom. The first-order valence-electron chi connectivity index (χ1n) is 12.9. The Morgan fingerprint density at radius 1 is 1.14 bits per heavy atom. The van der Waals surface area contributed by atoms with Gasteiger partial charge in [0.2, 0.25) is 0 Å². The number of anilines is 3. The fourth-order valence-corrected chi connectivity index (χ4v) is 6.69. The average molecular weight is 625 g/mol. The van der Waals surface area contributed by atoms with Gasteiger partial charge in [-0.1, -0.05) is 41.4 Å². The zero-order chi connectivity index (χ0) is 29.6. The second-order valence-corrected chi connectivity index (χ2v) is 12.9. The van der Waals surface area contributed by atoms with Gasteiger partial charge in [-0.3, -0.25) is 9.99 Å². The van der Waals surface area contributed by atoms with Crippen LogP contribution in [0.5, 0.6) is 0 Å². The minimum atomic E-state index is -3.72. The van der Waals surface area contributed by atoms with Crippen molar-refractivity contribution in [3.63, 3.8) is 0 Å². The van der Waals surface area contributed by atoms with Crippen molar-refractivity contribution in [2.24, 2.45) is 0 Å². The molecule has 9 nitrogen and oxygen atoms in total. The molecule has 1 atom stereocenters. The molecule has 214 valence electrons. The van der Waals surface area contributed by atoms with Crippen molar-refractivity contribution in [1.82, 2.24) is 21.0 Å².